The van der Waals surface area contributed by atoms with Gasteiger partial charge in [-0.1, -0.05) is 0 Å². The zero-order valence-electron chi connectivity index (χ0n) is 10.1. The Hall–Kier alpha value is -1.24. The number of thiophene rings is 1. The van der Waals surface area contributed by atoms with E-state index in [1.807, 2.05) is 20.8 Å². The van der Waals surface area contributed by atoms with Gasteiger partial charge in [0.1, 0.15) is 10.7 Å². The largest absolute Gasteiger partial charge is 0.309 e. The van der Waals surface area contributed by atoms with E-state index in [1.54, 1.807) is 11.3 Å². The van der Waals surface area contributed by atoms with Crippen molar-refractivity contribution in [2.75, 3.05) is 6.61 Å². The third-order valence-electron chi connectivity index (χ3n) is 2.57. The van der Waals surface area contributed by atoms with Crippen LogP contribution in [0.5, 0.6) is 0 Å². The fraction of sp³-hybridized carbons (Fsp3) is 0.455. The van der Waals surface area contributed by atoms with Gasteiger partial charge in [0.25, 0.3) is 5.56 Å². The maximum Gasteiger partial charge on any atom is 0.259 e. The summed E-state index contributed by atoms with van der Waals surface area (Å²) in [6.45, 7) is 6.81. The number of nitrogens with zero attached hydrogens (tertiary/aromatic N) is 1. The fourth-order valence-electron chi connectivity index (χ4n) is 1.60. The molecule has 17 heavy (non-hydrogen) atoms. The van der Waals surface area contributed by atoms with Crippen LogP contribution in [-0.4, -0.2) is 16.6 Å². The Morgan fingerprint density at radius 3 is 2.94 bits per heavy atom. The van der Waals surface area contributed by atoms with Crippen molar-refractivity contribution in [3.05, 3.63) is 26.6 Å². The summed E-state index contributed by atoms with van der Waals surface area (Å²) in [5, 5.41) is 0.702. The first-order valence-electron chi connectivity index (χ1n) is 5.47. The molecule has 2 heterocycles. The van der Waals surface area contributed by atoms with E-state index in [1.165, 1.54) is 0 Å². The number of aryl methyl sites for hydroxylation is 2. The van der Waals surface area contributed by atoms with Crippen molar-refractivity contribution in [3.63, 3.8) is 0 Å². The van der Waals surface area contributed by atoms with E-state index < -0.39 is 0 Å². The summed E-state index contributed by atoms with van der Waals surface area (Å²) in [5.74, 6) is 0.595. The van der Waals surface area contributed by atoms with Gasteiger partial charge >= 0.3 is 0 Å². The number of nitrogens with one attached hydrogen (secondary N) is 2. The molecule has 5 nitrogen and oxygen atoms in total. The van der Waals surface area contributed by atoms with E-state index >= 15 is 0 Å². The molecule has 0 bridgehead atoms. The van der Waals surface area contributed by atoms with Gasteiger partial charge in [-0.05, 0) is 26.3 Å². The van der Waals surface area contributed by atoms with Gasteiger partial charge in [-0.15, -0.1) is 11.3 Å². The van der Waals surface area contributed by atoms with E-state index in [9.17, 15) is 4.79 Å². The normalized spacial score (nSPS) is 11.2. The Morgan fingerprint density at radius 1 is 1.47 bits per heavy atom. The predicted octanol–water partition coefficient (Wildman–Crippen LogP) is 1.64. The van der Waals surface area contributed by atoms with Gasteiger partial charge in [-0.3, -0.25) is 4.79 Å². The Morgan fingerprint density at radius 2 is 2.24 bits per heavy atom. The highest BCUT2D eigenvalue weighted by atomic mass is 32.1. The van der Waals surface area contributed by atoms with Crippen LogP contribution in [0.4, 0.5) is 0 Å². The Kier molecular flexibility index (Phi) is 3.56. The molecule has 0 fully saturated rings. The Balaban J connectivity index is 2.39. The summed E-state index contributed by atoms with van der Waals surface area (Å²) in [4.78, 5) is 26.0. The Labute approximate surface area is 103 Å². The third kappa shape index (κ3) is 2.38. The summed E-state index contributed by atoms with van der Waals surface area (Å²) in [7, 11) is 0. The van der Waals surface area contributed by atoms with Crippen LogP contribution in [0.3, 0.4) is 0 Å². The van der Waals surface area contributed by atoms with E-state index in [-0.39, 0.29) is 5.56 Å². The molecular formula is C11H15N3O2S. The first-order chi connectivity index (χ1) is 8.13. The molecule has 2 aromatic heterocycles. The minimum atomic E-state index is -0.0786. The van der Waals surface area contributed by atoms with Crippen LogP contribution < -0.4 is 11.0 Å². The van der Waals surface area contributed by atoms with Crippen LogP contribution in [0, 0.1) is 13.8 Å². The van der Waals surface area contributed by atoms with Gasteiger partial charge in [-0.2, -0.15) is 5.48 Å². The highest BCUT2D eigenvalue weighted by Crippen LogP contribution is 2.25. The zero-order valence-corrected chi connectivity index (χ0v) is 10.9. The number of aromatic nitrogens is 2. The molecule has 92 valence electrons. The maximum absolute atomic E-state index is 11.9. The topological polar surface area (TPSA) is 67.0 Å². The van der Waals surface area contributed by atoms with Crippen molar-refractivity contribution in [3.8, 4) is 0 Å². The summed E-state index contributed by atoms with van der Waals surface area (Å²) in [5.41, 5.74) is 3.67. The molecule has 0 aliphatic rings. The highest BCUT2D eigenvalue weighted by Gasteiger charge is 2.11. The highest BCUT2D eigenvalue weighted by molar-refractivity contribution is 7.18. The van der Waals surface area contributed by atoms with Crippen LogP contribution in [0.15, 0.2) is 4.79 Å². The van der Waals surface area contributed by atoms with Crippen LogP contribution in [0.2, 0.25) is 0 Å². The first kappa shape index (κ1) is 12.2. The minimum Gasteiger partial charge on any atom is -0.309 e. The third-order valence-corrected chi connectivity index (χ3v) is 3.68. The summed E-state index contributed by atoms with van der Waals surface area (Å²) in [6, 6.07) is 0. The van der Waals surface area contributed by atoms with Gasteiger partial charge in [0.15, 0.2) is 0 Å². The number of H-pyrrole nitrogens is 1. The molecule has 6 heteroatoms. The van der Waals surface area contributed by atoms with Gasteiger partial charge in [0.05, 0.1) is 18.5 Å². The zero-order chi connectivity index (χ0) is 12.4. The molecule has 0 amide bonds. The maximum atomic E-state index is 11.9. The lowest BCUT2D eigenvalue weighted by Gasteiger charge is -2.02. The monoisotopic (exact) mass is 253 g/mol. The Bertz CT molecular complexity index is 588. The van der Waals surface area contributed by atoms with Crippen molar-refractivity contribution in [1.29, 1.82) is 0 Å². The second kappa shape index (κ2) is 4.95. The molecule has 0 aliphatic heterocycles. The van der Waals surface area contributed by atoms with Gasteiger partial charge in [0, 0.05) is 4.88 Å². The molecule has 2 N–H and O–H groups in total. The fourth-order valence-corrected chi connectivity index (χ4v) is 2.65. The summed E-state index contributed by atoms with van der Waals surface area (Å²) in [6.07, 6.45) is 0. The molecule has 0 saturated heterocycles. The van der Waals surface area contributed by atoms with Gasteiger partial charge < -0.3 is 9.82 Å². The standard InChI is InChI=1S/C11H15N3O2S/c1-4-16-12-5-8-13-10(15)9-6(2)7(3)17-11(9)14-8/h12H,4-5H2,1-3H3,(H,13,14,15). The molecule has 0 unspecified atom stereocenters. The predicted molar refractivity (Wildman–Crippen MR) is 68.2 cm³/mol. The number of rotatable bonds is 4. The van der Waals surface area contributed by atoms with E-state index in [0.717, 1.165) is 15.3 Å². The van der Waals surface area contributed by atoms with Gasteiger partial charge in [0.2, 0.25) is 0 Å². The van der Waals surface area contributed by atoms with Crippen molar-refractivity contribution < 1.29 is 4.84 Å². The lowest BCUT2D eigenvalue weighted by atomic mass is 10.2. The van der Waals surface area contributed by atoms with Crippen LogP contribution >= 0.6 is 11.3 Å². The number of aromatic amines is 1. The van der Waals surface area contributed by atoms with E-state index in [2.05, 4.69) is 15.4 Å². The summed E-state index contributed by atoms with van der Waals surface area (Å²) < 4.78 is 0. The van der Waals surface area contributed by atoms with Crippen molar-refractivity contribution in [1.82, 2.24) is 15.4 Å². The molecule has 0 aliphatic carbocycles. The molecular weight excluding hydrogens is 238 g/mol. The minimum absolute atomic E-state index is 0.0786. The van der Waals surface area contributed by atoms with Crippen LogP contribution in [0.25, 0.3) is 10.2 Å². The lowest BCUT2D eigenvalue weighted by Crippen LogP contribution is -2.19. The second-order valence-corrected chi connectivity index (χ2v) is 4.93. The number of hydroxylamine groups is 1. The average molecular weight is 253 g/mol. The number of hydrogen-bond acceptors (Lipinski definition) is 5. The van der Waals surface area contributed by atoms with E-state index in [4.69, 9.17) is 4.84 Å². The molecule has 2 rings (SSSR count). The second-order valence-electron chi connectivity index (χ2n) is 3.73. The SMILES string of the molecule is CCONCc1nc2sc(C)c(C)c2c(=O)[nH]1. The first-order valence-corrected chi connectivity index (χ1v) is 6.28. The smallest absolute Gasteiger partial charge is 0.259 e. The number of hydrogen-bond donors (Lipinski definition) is 2. The quantitative estimate of drug-likeness (QED) is 0.642. The summed E-state index contributed by atoms with van der Waals surface area (Å²) >= 11 is 1.55. The molecule has 0 radical (unpaired) electrons. The van der Waals surface area contributed by atoms with Crippen molar-refractivity contribution >= 4 is 21.6 Å². The van der Waals surface area contributed by atoms with Gasteiger partial charge in [-0.25, -0.2) is 4.98 Å². The molecule has 2 aromatic rings. The molecule has 0 saturated carbocycles. The van der Waals surface area contributed by atoms with E-state index in [0.29, 0.717) is 24.4 Å². The van der Waals surface area contributed by atoms with Crippen LogP contribution in [-0.2, 0) is 11.4 Å². The average Bonchev–Trinajstić information content (AvgIpc) is 2.55. The number of fused-ring (bicyclic) bond motifs is 1. The van der Waals surface area contributed by atoms with Crippen molar-refractivity contribution in [2.24, 2.45) is 0 Å². The lowest BCUT2D eigenvalue weighted by molar-refractivity contribution is 0.0449. The van der Waals surface area contributed by atoms with Crippen LogP contribution in [0.1, 0.15) is 23.2 Å². The molecule has 0 spiro atoms. The van der Waals surface area contributed by atoms with Crippen molar-refractivity contribution in [2.45, 2.75) is 27.3 Å². The molecule has 0 aromatic carbocycles. The molecule has 0 atom stereocenters.